The van der Waals surface area contributed by atoms with E-state index in [4.69, 9.17) is 0 Å². The summed E-state index contributed by atoms with van der Waals surface area (Å²) in [5.74, 6) is 0.540. The summed E-state index contributed by atoms with van der Waals surface area (Å²) >= 11 is 3.34. The predicted molar refractivity (Wildman–Crippen MR) is 69.2 cm³/mol. The number of aromatic amines is 1. The fraction of sp³-hybridized carbons (Fsp3) is 0.250. The van der Waals surface area contributed by atoms with Crippen LogP contribution in [-0.2, 0) is 6.54 Å². The monoisotopic (exact) mass is 297 g/mol. The second kappa shape index (κ2) is 4.98. The number of halogens is 2. The number of hydrogen-bond donors (Lipinski definition) is 2. The highest BCUT2D eigenvalue weighted by Gasteiger charge is 2.13. The quantitative estimate of drug-likeness (QED) is 0.914. The van der Waals surface area contributed by atoms with Crippen molar-refractivity contribution in [3.8, 4) is 11.3 Å². The second-order valence-corrected chi connectivity index (χ2v) is 4.73. The molecule has 0 bridgehead atoms. The lowest BCUT2D eigenvalue weighted by molar-refractivity contribution is 0.630. The van der Waals surface area contributed by atoms with Gasteiger partial charge in [-0.1, -0.05) is 15.9 Å². The van der Waals surface area contributed by atoms with Gasteiger partial charge >= 0.3 is 0 Å². The van der Waals surface area contributed by atoms with E-state index in [0.29, 0.717) is 17.8 Å². The lowest BCUT2D eigenvalue weighted by Crippen LogP contribution is -2.06. The molecule has 0 fully saturated rings. The number of nitrogens with one attached hydrogen (secondary N) is 2. The van der Waals surface area contributed by atoms with Crippen molar-refractivity contribution < 1.29 is 4.39 Å². The maximum absolute atomic E-state index is 13.7. The topological polar surface area (TPSA) is 40.7 Å². The van der Waals surface area contributed by atoms with Crippen LogP contribution in [0.1, 0.15) is 11.5 Å². The molecular weight excluding hydrogens is 285 g/mol. The van der Waals surface area contributed by atoms with Gasteiger partial charge in [-0.15, -0.1) is 0 Å². The van der Waals surface area contributed by atoms with Crippen LogP contribution >= 0.6 is 15.9 Å². The molecule has 0 saturated heterocycles. The van der Waals surface area contributed by atoms with Crippen LogP contribution in [0.25, 0.3) is 11.3 Å². The van der Waals surface area contributed by atoms with Gasteiger partial charge in [0.15, 0.2) is 0 Å². The van der Waals surface area contributed by atoms with Crippen molar-refractivity contribution in [3.05, 3.63) is 40.0 Å². The molecule has 2 N–H and O–H groups in total. The zero-order chi connectivity index (χ0) is 12.4. The molecular formula is C12H13BrFN3. The fourth-order valence-electron chi connectivity index (χ4n) is 1.71. The maximum atomic E-state index is 13.7. The Hall–Kier alpha value is -1.20. The Kier molecular flexibility index (Phi) is 3.59. The number of imidazole rings is 1. The summed E-state index contributed by atoms with van der Waals surface area (Å²) in [4.78, 5) is 7.53. The van der Waals surface area contributed by atoms with Crippen molar-refractivity contribution in [3.63, 3.8) is 0 Å². The van der Waals surface area contributed by atoms with Crippen molar-refractivity contribution in [2.75, 3.05) is 7.05 Å². The lowest BCUT2D eigenvalue weighted by Gasteiger charge is -2.01. The minimum atomic E-state index is -0.265. The standard InChI is InChI=1S/C12H13BrFN3/c1-7-12(17-11(16-7)6-15-2)9-5-8(13)3-4-10(9)14/h3-5,15H,6H2,1-2H3,(H,16,17). The van der Waals surface area contributed by atoms with E-state index >= 15 is 0 Å². The van der Waals surface area contributed by atoms with Crippen molar-refractivity contribution in [2.45, 2.75) is 13.5 Å². The summed E-state index contributed by atoms with van der Waals surface area (Å²) in [5.41, 5.74) is 2.04. The number of rotatable bonds is 3. The van der Waals surface area contributed by atoms with Gasteiger partial charge in [-0.3, -0.25) is 0 Å². The first-order valence-electron chi connectivity index (χ1n) is 5.27. The predicted octanol–water partition coefficient (Wildman–Crippen LogP) is 3.01. The number of aromatic nitrogens is 2. The summed E-state index contributed by atoms with van der Waals surface area (Å²) in [6.45, 7) is 2.53. The molecule has 0 spiro atoms. The van der Waals surface area contributed by atoms with Crippen molar-refractivity contribution in [1.29, 1.82) is 0 Å². The molecule has 0 aliphatic rings. The van der Waals surface area contributed by atoms with Gasteiger partial charge in [0.2, 0.25) is 0 Å². The van der Waals surface area contributed by atoms with E-state index in [1.54, 1.807) is 12.1 Å². The van der Waals surface area contributed by atoms with Crippen LogP contribution in [0.5, 0.6) is 0 Å². The molecule has 5 heteroatoms. The molecule has 0 aliphatic heterocycles. The van der Waals surface area contributed by atoms with Crippen LogP contribution in [0.3, 0.4) is 0 Å². The first-order valence-corrected chi connectivity index (χ1v) is 6.06. The minimum absolute atomic E-state index is 0.265. The highest BCUT2D eigenvalue weighted by atomic mass is 79.9. The molecule has 0 radical (unpaired) electrons. The van der Waals surface area contributed by atoms with Gasteiger partial charge in [-0.05, 0) is 32.2 Å². The normalized spacial score (nSPS) is 10.8. The van der Waals surface area contributed by atoms with Crippen LogP contribution in [0.4, 0.5) is 4.39 Å². The van der Waals surface area contributed by atoms with Gasteiger partial charge in [0.05, 0.1) is 12.2 Å². The van der Waals surface area contributed by atoms with Crippen LogP contribution in [0.2, 0.25) is 0 Å². The van der Waals surface area contributed by atoms with E-state index in [9.17, 15) is 4.39 Å². The molecule has 2 aromatic rings. The third kappa shape index (κ3) is 2.56. The molecule has 1 aromatic carbocycles. The first kappa shape index (κ1) is 12.3. The first-order chi connectivity index (χ1) is 8.11. The SMILES string of the molecule is CNCc1nc(-c2cc(Br)ccc2F)c(C)[nH]1. The third-order valence-electron chi connectivity index (χ3n) is 2.46. The third-order valence-corrected chi connectivity index (χ3v) is 2.95. The van der Waals surface area contributed by atoms with Crippen LogP contribution < -0.4 is 5.32 Å². The van der Waals surface area contributed by atoms with E-state index < -0.39 is 0 Å². The van der Waals surface area contributed by atoms with E-state index in [0.717, 1.165) is 16.0 Å². The summed E-state index contributed by atoms with van der Waals surface area (Å²) in [6, 6.07) is 4.85. The molecule has 2 rings (SSSR count). The Labute approximate surface area is 108 Å². The average molecular weight is 298 g/mol. The van der Waals surface area contributed by atoms with E-state index in [-0.39, 0.29) is 5.82 Å². The Morgan fingerprint density at radius 1 is 1.47 bits per heavy atom. The fourth-order valence-corrected chi connectivity index (χ4v) is 2.08. The minimum Gasteiger partial charge on any atom is -0.344 e. The molecule has 0 atom stereocenters. The molecule has 1 heterocycles. The summed E-state index contributed by atoms with van der Waals surface area (Å²) in [6.07, 6.45) is 0. The molecule has 1 aromatic heterocycles. The molecule has 17 heavy (non-hydrogen) atoms. The molecule has 0 saturated carbocycles. The number of hydrogen-bond acceptors (Lipinski definition) is 2. The molecule has 0 amide bonds. The summed E-state index contributed by atoms with van der Waals surface area (Å²) in [7, 11) is 1.84. The van der Waals surface area contributed by atoms with Gasteiger partial charge in [-0.25, -0.2) is 9.37 Å². The van der Waals surface area contributed by atoms with Crippen molar-refractivity contribution >= 4 is 15.9 Å². The lowest BCUT2D eigenvalue weighted by atomic mass is 10.1. The highest BCUT2D eigenvalue weighted by molar-refractivity contribution is 9.10. The van der Waals surface area contributed by atoms with E-state index in [1.807, 2.05) is 14.0 Å². The number of aryl methyl sites for hydroxylation is 1. The van der Waals surface area contributed by atoms with E-state index in [2.05, 4.69) is 31.2 Å². The highest BCUT2D eigenvalue weighted by Crippen LogP contribution is 2.27. The molecule has 0 aliphatic carbocycles. The van der Waals surface area contributed by atoms with Crippen LogP contribution in [-0.4, -0.2) is 17.0 Å². The molecule has 90 valence electrons. The zero-order valence-corrected chi connectivity index (χ0v) is 11.2. The summed E-state index contributed by atoms with van der Waals surface area (Å²) < 4.78 is 14.6. The zero-order valence-electron chi connectivity index (χ0n) is 9.64. The Morgan fingerprint density at radius 2 is 2.24 bits per heavy atom. The largest absolute Gasteiger partial charge is 0.344 e. The van der Waals surface area contributed by atoms with Crippen LogP contribution in [0, 0.1) is 12.7 Å². The smallest absolute Gasteiger partial charge is 0.132 e. The molecule has 0 unspecified atom stereocenters. The van der Waals surface area contributed by atoms with Crippen molar-refractivity contribution in [1.82, 2.24) is 15.3 Å². The van der Waals surface area contributed by atoms with Gasteiger partial charge in [0, 0.05) is 15.7 Å². The van der Waals surface area contributed by atoms with Gasteiger partial charge in [0.1, 0.15) is 11.6 Å². The maximum Gasteiger partial charge on any atom is 0.132 e. The Morgan fingerprint density at radius 3 is 2.94 bits per heavy atom. The molecule has 3 nitrogen and oxygen atoms in total. The van der Waals surface area contributed by atoms with Crippen LogP contribution in [0.15, 0.2) is 22.7 Å². The van der Waals surface area contributed by atoms with Gasteiger partial charge in [-0.2, -0.15) is 0 Å². The van der Waals surface area contributed by atoms with Gasteiger partial charge < -0.3 is 10.3 Å². The summed E-state index contributed by atoms with van der Waals surface area (Å²) in [5, 5.41) is 3.01. The van der Waals surface area contributed by atoms with Gasteiger partial charge in [0.25, 0.3) is 0 Å². The number of H-pyrrole nitrogens is 1. The second-order valence-electron chi connectivity index (χ2n) is 3.81. The van der Waals surface area contributed by atoms with E-state index in [1.165, 1.54) is 6.07 Å². The average Bonchev–Trinajstić information content (AvgIpc) is 2.64. The Balaban J connectivity index is 2.48. The number of benzene rings is 1. The number of nitrogens with zero attached hydrogens (tertiary/aromatic N) is 1. The Bertz CT molecular complexity index is 537. The van der Waals surface area contributed by atoms with Crippen molar-refractivity contribution in [2.24, 2.45) is 0 Å².